The summed E-state index contributed by atoms with van der Waals surface area (Å²) in [6.45, 7) is 3.44. The van der Waals surface area contributed by atoms with Crippen LogP contribution in [0.15, 0.2) is 10.9 Å². The van der Waals surface area contributed by atoms with Crippen molar-refractivity contribution < 1.29 is 0 Å². The minimum absolute atomic E-state index is 0.0835. The van der Waals surface area contributed by atoms with Gasteiger partial charge in [-0.15, -0.1) is 0 Å². The first-order valence-electron chi connectivity index (χ1n) is 5.74. The van der Waals surface area contributed by atoms with Crippen molar-refractivity contribution in [3.63, 3.8) is 0 Å². The van der Waals surface area contributed by atoms with Crippen molar-refractivity contribution in [3.05, 3.63) is 22.2 Å². The minimum atomic E-state index is -0.0835. The van der Waals surface area contributed by atoms with Gasteiger partial charge in [0.15, 0.2) is 0 Å². The van der Waals surface area contributed by atoms with Gasteiger partial charge in [-0.05, 0) is 25.3 Å². The molecule has 1 atom stereocenters. The average Bonchev–Trinajstić information content (AvgIpc) is 3.09. The minimum Gasteiger partial charge on any atom is -0.370 e. The molecule has 0 aliphatic heterocycles. The Morgan fingerprint density at radius 1 is 1.69 bits per heavy atom. The van der Waals surface area contributed by atoms with E-state index in [0.29, 0.717) is 24.2 Å². The number of hydrogen-bond donors (Lipinski definition) is 3. The highest BCUT2D eigenvalue weighted by molar-refractivity contribution is 5.33. The Morgan fingerprint density at radius 2 is 2.44 bits per heavy atom. The van der Waals surface area contributed by atoms with Crippen LogP contribution < -0.4 is 16.6 Å². The van der Waals surface area contributed by atoms with Crippen LogP contribution in [-0.2, 0) is 0 Å². The quantitative estimate of drug-likeness (QED) is 0.683. The summed E-state index contributed by atoms with van der Waals surface area (Å²) >= 11 is 0. The number of nitrogens with zero attached hydrogens (tertiary/aromatic N) is 1. The molecule has 1 aromatic heterocycles. The van der Waals surface area contributed by atoms with E-state index in [1.807, 2.05) is 0 Å². The number of nitrogens with two attached hydrogens (primary N) is 1. The van der Waals surface area contributed by atoms with Crippen molar-refractivity contribution >= 4 is 5.82 Å². The lowest BCUT2D eigenvalue weighted by Crippen LogP contribution is -2.21. The summed E-state index contributed by atoms with van der Waals surface area (Å²) in [6, 6.07) is 1.50. The molecule has 88 valence electrons. The fraction of sp³-hybridized carbons (Fsp3) is 0.636. The molecule has 4 N–H and O–H groups in total. The van der Waals surface area contributed by atoms with E-state index in [2.05, 4.69) is 22.2 Å². The fourth-order valence-corrected chi connectivity index (χ4v) is 1.48. The van der Waals surface area contributed by atoms with Crippen LogP contribution in [-0.4, -0.2) is 23.1 Å². The monoisotopic (exact) mass is 222 g/mol. The predicted molar refractivity (Wildman–Crippen MR) is 63.5 cm³/mol. The summed E-state index contributed by atoms with van der Waals surface area (Å²) in [5, 5.41) is 3.15. The van der Waals surface area contributed by atoms with Gasteiger partial charge in [0.1, 0.15) is 11.6 Å². The average molecular weight is 222 g/mol. The number of rotatable bonds is 5. The van der Waals surface area contributed by atoms with Gasteiger partial charge in [0, 0.05) is 18.5 Å². The Labute approximate surface area is 94.5 Å². The number of hydrogen-bond acceptors (Lipinski definition) is 4. The molecule has 0 spiro atoms. The Morgan fingerprint density at radius 3 is 3.06 bits per heavy atom. The number of nitrogens with one attached hydrogen (secondary N) is 2. The molecule has 0 aromatic carbocycles. The van der Waals surface area contributed by atoms with Gasteiger partial charge >= 0.3 is 0 Å². The molecule has 1 fully saturated rings. The molecular weight excluding hydrogens is 204 g/mol. The van der Waals surface area contributed by atoms with Crippen LogP contribution >= 0.6 is 0 Å². The highest BCUT2D eigenvalue weighted by Crippen LogP contribution is 2.37. The lowest BCUT2D eigenvalue weighted by molar-refractivity contribution is 0.626. The van der Waals surface area contributed by atoms with E-state index in [1.165, 1.54) is 6.07 Å². The van der Waals surface area contributed by atoms with Crippen molar-refractivity contribution in [2.75, 3.05) is 18.4 Å². The molecule has 0 radical (unpaired) electrons. The van der Waals surface area contributed by atoms with E-state index in [0.717, 1.165) is 25.2 Å². The van der Waals surface area contributed by atoms with Gasteiger partial charge in [-0.25, -0.2) is 4.98 Å². The Hall–Kier alpha value is -1.36. The first kappa shape index (κ1) is 11.1. The third-order valence-corrected chi connectivity index (χ3v) is 2.76. The number of H-pyrrole nitrogens is 1. The second-order valence-electron chi connectivity index (χ2n) is 4.51. The van der Waals surface area contributed by atoms with Crippen molar-refractivity contribution in [2.24, 2.45) is 11.7 Å². The highest BCUT2D eigenvalue weighted by Gasteiger charge is 2.26. The van der Waals surface area contributed by atoms with Crippen LogP contribution in [0.3, 0.4) is 0 Å². The van der Waals surface area contributed by atoms with E-state index < -0.39 is 0 Å². The van der Waals surface area contributed by atoms with E-state index in [1.54, 1.807) is 0 Å². The standard InChI is InChI=1S/C11H18N4O/c1-7(5-12)6-13-9-4-10(16)15-11(14-9)8-2-3-8/h4,7-8H,2-3,5-6,12H2,1H3,(H2,13,14,15,16). The Bertz CT molecular complexity index is 411. The predicted octanol–water partition coefficient (Wildman–Crippen LogP) is 0.654. The van der Waals surface area contributed by atoms with Crippen LogP contribution in [0.2, 0.25) is 0 Å². The lowest BCUT2D eigenvalue weighted by Gasteiger charge is -2.10. The summed E-state index contributed by atoms with van der Waals surface area (Å²) < 4.78 is 0. The van der Waals surface area contributed by atoms with Gasteiger partial charge in [0.05, 0.1) is 0 Å². The molecule has 1 heterocycles. The summed E-state index contributed by atoms with van der Waals surface area (Å²) in [7, 11) is 0. The summed E-state index contributed by atoms with van der Waals surface area (Å²) in [6.07, 6.45) is 2.26. The second-order valence-corrected chi connectivity index (χ2v) is 4.51. The topological polar surface area (TPSA) is 83.8 Å². The van der Waals surface area contributed by atoms with Gasteiger partial charge in [-0.2, -0.15) is 0 Å². The summed E-state index contributed by atoms with van der Waals surface area (Å²) in [4.78, 5) is 18.6. The summed E-state index contributed by atoms with van der Waals surface area (Å²) in [5.41, 5.74) is 5.44. The SMILES string of the molecule is CC(CN)CNc1cc(=O)[nH]c(C2CC2)n1. The van der Waals surface area contributed by atoms with Crippen LogP contribution in [0.25, 0.3) is 0 Å². The molecule has 1 aliphatic carbocycles. The zero-order valence-corrected chi connectivity index (χ0v) is 9.49. The lowest BCUT2D eigenvalue weighted by atomic mass is 10.2. The summed E-state index contributed by atoms with van der Waals surface area (Å²) in [5.74, 6) is 2.31. The zero-order valence-electron chi connectivity index (χ0n) is 9.49. The van der Waals surface area contributed by atoms with Crippen LogP contribution in [0, 0.1) is 5.92 Å². The van der Waals surface area contributed by atoms with Crippen molar-refractivity contribution in [1.29, 1.82) is 0 Å². The normalized spacial score (nSPS) is 17.1. The molecule has 0 amide bonds. The molecule has 5 heteroatoms. The molecule has 1 aliphatic rings. The van der Waals surface area contributed by atoms with Crippen molar-refractivity contribution in [3.8, 4) is 0 Å². The van der Waals surface area contributed by atoms with E-state index >= 15 is 0 Å². The fourth-order valence-electron chi connectivity index (χ4n) is 1.48. The maximum atomic E-state index is 11.4. The van der Waals surface area contributed by atoms with Crippen LogP contribution in [0.1, 0.15) is 31.5 Å². The van der Waals surface area contributed by atoms with Crippen molar-refractivity contribution in [2.45, 2.75) is 25.7 Å². The largest absolute Gasteiger partial charge is 0.370 e. The first-order valence-corrected chi connectivity index (χ1v) is 5.74. The van der Waals surface area contributed by atoms with Gasteiger partial charge in [-0.3, -0.25) is 4.79 Å². The highest BCUT2D eigenvalue weighted by atomic mass is 16.1. The van der Waals surface area contributed by atoms with E-state index in [9.17, 15) is 4.79 Å². The molecule has 1 aromatic rings. The van der Waals surface area contributed by atoms with Crippen molar-refractivity contribution in [1.82, 2.24) is 9.97 Å². The number of aromatic nitrogens is 2. The molecule has 5 nitrogen and oxygen atoms in total. The molecule has 1 unspecified atom stereocenters. The van der Waals surface area contributed by atoms with E-state index in [4.69, 9.17) is 5.73 Å². The van der Waals surface area contributed by atoms with Crippen LogP contribution in [0.4, 0.5) is 5.82 Å². The molecule has 16 heavy (non-hydrogen) atoms. The molecular formula is C11H18N4O. The number of anilines is 1. The zero-order chi connectivity index (χ0) is 11.5. The van der Waals surface area contributed by atoms with Gasteiger partial charge < -0.3 is 16.0 Å². The molecule has 2 rings (SSSR count). The number of aromatic amines is 1. The van der Waals surface area contributed by atoms with Gasteiger partial charge in [0.25, 0.3) is 5.56 Å². The maximum absolute atomic E-state index is 11.4. The van der Waals surface area contributed by atoms with Crippen LogP contribution in [0.5, 0.6) is 0 Å². The van der Waals surface area contributed by atoms with E-state index in [-0.39, 0.29) is 5.56 Å². The Kier molecular flexibility index (Phi) is 3.24. The third-order valence-electron chi connectivity index (χ3n) is 2.76. The van der Waals surface area contributed by atoms with Gasteiger partial charge in [0.2, 0.25) is 0 Å². The van der Waals surface area contributed by atoms with Gasteiger partial charge in [-0.1, -0.05) is 6.92 Å². The first-order chi connectivity index (χ1) is 7.69. The Balaban J connectivity index is 2.05. The smallest absolute Gasteiger partial charge is 0.252 e. The molecule has 1 saturated carbocycles. The molecule has 0 saturated heterocycles. The second kappa shape index (κ2) is 4.65. The third kappa shape index (κ3) is 2.82. The molecule has 0 bridgehead atoms. The maximum Gasteiger partial charge on any atom is 0.252 e.